The molecule has 0 spiro atoms. The number of amides is 1. The second kappa shape index (κ2) is 5.69. The first-order chi connectivity index (χ1) is 9.47. The molecule has 104 valence electrons. The Morgan fingerprint density at radius 3 is 2.70 bits per heavy atom. The molecule has 0 aliphatic heterocycles. The molecule has 4 nitrogen and oxygen atoms in total. The molecule has 1 heterocycles. The van der Waals surface area contributed by atoms with Crippen molar-refractivity contribution in [2.45, 2.75) is 13.5 Å². The molecule has 0 saturated heterocycles. The number of pyridine rings is 1. The lowest BCUT2D eigenvalue weighted by atomic mass is 10.1. The minimum Gasteiger partial charge on any atom is -0.348 e. The fourth-order valence-electron chi connectivity index (χ4n) is 1.79. The van der Waals surface area contributed by atoms with Gasteiger partial charge in [0.05, 0.1) is 0 Å². The fourth-order valence-corrected chi connectivity index (χ4v) is 1.79. The SMILES string of the molecule is Cc1cc(CNC(=O)c2ccn(C)c(=O)c2)ccc1F. The molecule has 1 aromatic carbocycles. The zero-order valence-electron chi connectivity index (χ0n) is 11.3. The molecule has 2 aromatic rings. The van der Waals surface area contributed by atoms with E-state index in [1.54, 1.807) is 38.4 Å². The normalized spacial score (nSPS) is 10.3. The van der Waals surface area contributed by atoms with Crippen LogP contribution in [0.4, 0.5) is 4.39 Å². The van der Waals surface area contributed by atoms with E-state index < -0.39 is 0 Å². The maximum Gasteiger partial charge on any atom is 0.251 e. The molecule has 2 rings (SSSR count). The zero-order valence-corrected chi connectivity index (χ0v) is 11.3. The summed E-state index contributed by atoms with van der Waals surface area (Å²) in [6.45, 7) is 1.96. The van der Waals surface area contributed by atoms with Gasteiger partial charge >= 0.3 is 0 Å². The summed E-state index contributed by atoms with van der Waals surface area (Å²) in [7, 11) is 1.62. The Balaban J connectivity index is 2.06. The Kier molecular flexibility index (Phi) is 3.98. The van der Waals surface area contributed by atoms with Crippen LogP contribution in [0.3, 0.4) is 0 Å². The number of carbonyl (C=O) groups is 1. The molecule has 20 heavy (non-hydrogen) atoms. The molecule has 0 saturated carbocycles. The summed E-state index contributed by atoms with van der Waals surface area (Å²) in [5.74, 6) is -0.601. The first kappa shape index (κ1) is 14.0. The van der Waals surface area contributed by atoms with E-state index in [0.29, 0.717) is 11.1 Å². The number of hydrogen-bond donors (Lipinski definition) is 1. The topological polar surface area (TPSA) is 51.1 Å². The summed E-state index contributed by atoms with van der Waals surface area (Å²) in [5, 5.41) is 2.70. The highest BCUT2D eigenvalue weighted by molar-refractivity contribution is 5.93. The number of nitrogens with one attached hydrogen (secondary N) is 1. The molecule has 0 unspecified atom stereocenters. The highest BCUT2D eigenvalue weighted by atomic mass is 19.1. The Morgan fingerprint density at radius 1 is 1.30 bits per heavy atom. The molecule has 1 amide bonds. The minimum atomic E-state index is -0.329. The lowest BCUT2D eigenvalue weighted by Crippen LogP contribution is -2.25. The fraction of sp³-hybridized carbons (Fsp3) is 0.200. The van der Waals surface area contributed by atoms with E-state index in [0.717, 1.165) is 5.56 Å². The molecular weight excluding hydrogens is 259 g/mol. The van der Waals surface area contributed by atoms with Gasteiger partial charge in [0.15, 0.2) is 0 Å². The number of rotatable bonds is 3. The van der Waals surface area contributed by atoms with Crippen LogP contribution in [0, 0.1) is 12.7 Å². The Bertz CT molecular complexity index is 707. The van der Waals surface area contributed by atoms with Gasteiger partial charge in [0, 0.05) is 31.4 Å². The van der Waals surface area contributed by atoms with E-state index >= 15 is 0 Å². The predicted octanol–water partition coefficient (Wildman–Crippen LogP) is 1.76. The van der Waals surface area contributed by atoms with Crippen LogP contribution in [0.1, 0.15) is 21.5 Å². The van der Waals surface area contributed by atoms with Crippen LogP contribution in [-0.4, -0.2) is 10.5 Å². The van der Waals surface area contributed by atoms with Crippen LogP contribution in [-0.2, 0) is 13.6 Å². The van der Waals surface area contributed by atoms with Crippen molar-refractivity contribution in [3.05, 3.63) is 69.4 Å². The van der Waals surface area contributed by atoms with E-state index in [1.807, 2.05) is 0 Å². The molecule has 0 aliphatic rings. The van der Waals surface area contributed by atoms with E-state index in [-0.39, 0.29) is 23.8 Å². The van der Waals surface area contributed by atoms with Crippen molar-refractivity contribution < 1.29 is 9.18 Å². The maximum absolute atomic E-state index is 13.1. The highest BCUT2D eigenvalue weighted by Crippen LogP contribution is 2.09. The summed E-state index contributed by atoms with van der Waals surface area (Å²) >= 11 is 0. The summed E-state index contributed by atoms with van der Waals surface area (Å²) in [5.41, 5.74) is 1.41. The largest absolute Gasteiger partial charge is 0.348 e. The standard InChI is InChI=1S/C15H15FN2O2/c1-10-7-11(3-4-13(10)16)9-17-15(20)12-5-6-18(2)14(19)8-12/h3-8H,9H2,1-2H3,(H,17,20). The average molecular weight is 274 g/mol. The third kappa shape index (κ3) is 3.12. The van der Waals surface area contributed by atoms with Crippen molar-refractivity contribution in [2.24, 2.45) is 7.05 Å². The van der Waals surface area contributed by atoms with Crippen molar-refractivity contribution in [1.82, 2.24) is 9.88 Å². The van der Waals surface area contributed by atoms with E-state index in [9.17, 15) is 14.0 Å². The van der Waals surface area contributed by atoms with Gasteiger partial charge in [-0.2, -0.15) is 0 Å². The van der Waals surface area contributed by atoms with Gasteiger partial charge in [-0.05, 0) is 30.2 Å². The average Bonchev–Trinajstić information content (AvgIpc) is 2.43. The third-order valence-corrected chi connectivity index (χ3v) is 3.04. The maximum atomic E-state index is 13.1. The smallest absolute Gasteiger partial charge is 0.251 e. The van der Waals surface area contributed by atoms with Crippen LogP contribution in [0.25, 0.3) is 0 Å². The quantitative estimate of drug-likeness (QED) is 0.927. The summed E-state index contributed by atoms with van der Waals surface area (Å²) in [6, 6.07) is 7.53. The number of hydrogen-bond acceptors (Lipinski definition) is 2. The van der Waals surface area contributed by atoms with Gasteiger partial charge in [-0.25, -0.2) is 4.39 Å². The summed E-state index contributed by atoms with van der Waals surface area (Å²) < 4.78 is 14.5. The van der Waals surface area contributed by atoms with Gasteiger partial charge in [-0.15, -0.1) is 0 Å². The van der Waals surface area contributed by atoms with E-state index in [1.165, 1.54) is 16.7 Å². The lowest BCUT2D eigenvalue weighted by molar-refractivity contribution is 0.0950. The van der Waals surface area contributed by atoms with Crippen LogP contribution >= 0.6 is 0 Å². The van der Waals surface area contributed by atoms with Crippen LogP contribution in [0.5, 0.6) is 0 Å². The number of halogens is 1. The van der Waals surface area contributed by atoms with Crippen molar-refractivity contribution in [1.29, 1.82) is 0 Å². The van der Waals surface area contributed by atoms with Gasteiger partial charge in [0.2, 0.25) is 0 Å². The summed E-state index contributed by atoms with van der Waals surface area (Å²) in [4.78, 5) is 23.3. The molecule has 0 radical (unpaired) electrons. The van der Waals surface area contributed by atoms with Crippen molar-refractivity contribution >= 4 is 5.91 Å². The Hall–Kier alpha value is -2.43. The van der Waals surface area contributed by atoms with Crippen molar-refractivity contribution in [3.8, 4) is 0 Å². The number of benzene rings is 1. The minimum absolute atomic E-state index is 0.240. The molecule has 0 aliphatic carbocycles. The second-order valence-electron chi connectivity index (χ2n) is 4.63. The van der Waals surface area contributed by atoms with Gasteiger partial charge in [0.1, 0.15) is 5.82 Å². The van der Waals surface area contributed by atoms with Crippen LogP contribution in [0.15, 0.2) is 41.3 Å². The van der Waals surface area contributed by atoms with Crippen molar-refractivity contribution in [2.75, 3.05) is 0 Å². The first-order valence-corrected chi connectivity index (χ1v) is 6.17. The summed E-state index contributed by atoms with van der Waals surface area (Å²) in [6.07, 6.45) is 1.54. The molecule has 0 fully saturated rings. The monoisotopic (exact) mass is 274 g/mol. The van der Waals surface area contributed by atoms with Crippen LogP contribution in [0.2, 0.25) is 0 Å². The predicted molar refractivity (Wildman–Crippen MR) is 74.0 cm³/mol. The molecule has 1 N–H and O–H groups in total. The van der Waals surface area contributed by atoms with Crippen LogP contribution < -0.4 is 10.9 Å². The van der Waals surface area contributed by atoms with E-state index in [4.69, 9.17) is 0 Å². The zero-order chi connectivity index (χ0) is 14.7. The van der Waals surface area contributed by atoms with Gasteiger partial charge in [0.25, 0.3) is 11.5 Å². The molecular formula is C15H15FN2O2. The first-order valence-electron chi connectivity index (χ1n) is 6.17. The Morgan fingerprint density at radius 2 is 2.05 bits per heavy atom. The number of aromatic nitrogens is 1. The number of aryl methyl sites for hydroxylation is 2. The third-order valence-electron chi connectivity index (χ3n) is 3.04. The number of carbonyl (C=O) groups excluding carboxylic acids is 1. The molecule has 0 bridgehead atoms. The number of nitrogens with zero attached hydrogens (tertiary/aromatic N) is 1. The lowest BCUT2D eigenvalue weighted by Gasteiger charge is -2.07. The van der Waals surface area contributed by atoms with Gasteiger partial charge in [-0.1, -0.05) is 12.1 Å². The van der Waals surface area contributed by atoms with Crippen molar-refractivity contribution in [3.63, 3.8) is 0 Å². The van der Waals surface area contributed by atoms with E-state index in [2.05, 4.69) is 5.32 Å². The molecule has 1 aromatic heterocycles. The Labute approximate surface area is 115 Å². The highest BCUT2D eigenvalue weighted by Gasteiger charge is 2.07. The van der Waals surface area contributed by atoms with Gasteiger partial charge < -0.3 is 9.88 Å². The molecule has 0 atom stereocenters. The molecule has 5 heteroatoms. The van der Waals surface area contributed by atoms with Gasteiger partial charge in [-0.3, -0.25) is 9.59 Å². The second-order valence-corrected chi connectivity index (χ2v) is 4.63.